The lowest BCUT2D eigenvalue weighted by Gasteiger charge is -2.46. The number of rotatable bonds is 3. The lowest BCUT2D eigenvalue weighted by atomic mass is 9.89. The predicted octanol–water partition coefficient (Wildman–Crippen LogP) is 1.62. The zero-order valence-corrected chi connectivity index (χ0v) is 11.4. The molecule has 0 spiro atoms. The molecule has 1 amide bonds. The zero-order valence-electron chi connectivity index (χ0n) is 11.4. The minimum absolute atomic E-state index is 0.0571. The van der Waals surface area contributed by atoms with Gasteiger partial charge in [-0.25, -0.2) is 0 Å². The van der Waals surface area contributed by atoms with Gasteiger partial charge in [0.05, 0.1) is 29.7 Å². The molecule has 0 saturated carbocycles. The van der Waals surface area contributed by atoms with Crippen LogP contribution in [0.2, 0.25) is 0 Å². The van der Waals surface area contributed by atoms with Crippen LogP contribution in [0, 0.1) is 0 Å². The van der Waals surface area contributed by atoms with E-state index in [1.807, 2.05) is 6.92 Å². The van der Waals surface area contributed by atoms with Crippen molar-refractivity contribution in [3.05, 3.63) is 36.2 Å². The first kappa shape index (κ1) is 13.0. The van der Waals surface area contributed by atoms with Crippen molar-refractivity contribution in [3.63, 3.8) is 0 Å². The molecule has 0 aliphatic carbocycles. The Balaban J connectivity index is 1.77. The molecule has 104 valence electrons. The maximum Gasteiger partial charge on any atom is 0.254 e. The largest absolute Gasteiger partial charge is 0.386 e. The third kappa shape index (κ3) is 2.25. The number of hydrogen-bond acceptors (Lipinski definition) is 4. The molecule has 1 saturated heterocycles. The molecular formula is C15H17N3O2. The van der Waals surface area contributed by atoms with Gasteiger partial charge in [-0.2, -0.15) is 0 Å². The molecule has 0 unspecified atom stereocenters. The smallest absolute Gasteiger partial charge is 0.254 e. The molecule has 1 aliphatic rings. The minimum Gasteiger partial charge on any atom is -0.386 e. The second kappa shape index (κ2) is 4.83. The van der Waals surface area contributed by atoms with Gasteiger partial charge < -0.3 is 10.0 Å². The Morgan fingerprint density at radius 3 is 2.70 bits per heavy atom. The molecule has 1 aromatic carbocycles. The molecule has 1 N–H and O–H groups in total. The van der Waals surface area contributed by atoms with Gasteiger partial charge in [-0.05, 0) is 24.6 Å². The molecule has 1 aliphatic heterocycles. The topological polar surface area (TPSA) is 66.3 Å². The Morgan fingerprint density at radius 2 is 2.00 bits per heavy atom. The predicted molar refractivity (Wildman–Crippen MR) is 75.3 cm³/mol. The van der Waals surface area contributed by atoms with E-state index in [9.17, 15) is 9.90 Å². The van der Waals surface area contributed by atoms with Gasteiger partial charge in [0.25, 0.3) is 5.91 Å². The average molecular weight is 271 g/mol. The number of carbonyl (C=O) groups excluding carboxylic acids is 1. The second-order valence-corrected chi connectivity index (χ2v) is 5.40. The molecule has 0 atom stereocenters. The van der Waals surface area contributed by atoms with Crippen molar-refractivity contribution in [2.45, 2.75) is 25.4 Å². The highest BCUT2D eigenvalue weighted by Gasteiger charge is 2.42. The average Bonchev–Trinajstić information content (AvgIpc) is 2.43. The van der Waals surface area contributed by atoms with E-state index in [4.69, 9.17) is 0 Å². The highest BCUT2D eigenvalue weighted by molar-refractivity contribution is 5.97. The van der Waals surface area contributed by atoms with E-state index in [-0.39, 0.29) is 5.91 Å². The molecule has 0 radical (unpaired) electrons. The Labute approximate surface area is 117 Å². The number of likely N-dealkylation sites (tertiary alicyclic amines) is 1. The summed E-state index contributed by atoms with van der Waals surface area (Å²) < 4.78 is 0. The summed E-state index contributed by atoms with van der Waals surface area (Å²) in [7, 11) is 0. The number of amides is 1. The van der Waals surface area contributed by atoms with Crippen molar-refractivity contribution in [2.75, 3.05) is 13.1 Å². The van der Waals surface area contributed by atoms with Gasteiger partial charge in [0.1, 0.15) is 0 Å². The van der Waals surface area contributed by atoms with Crippen LogP contribution in [-0.4, -0.2) is 44.6 Å². The number of carbonyl (C=O) groups is 1. The Bertz CT molecular complexity index is 650. The van der Waals surface area contributed by atoms with Crippen LogP contribution >= 0.6 is 0 Å². The van der Waals surface area contributed by atoms with E-state index in [1.54, 1.807) is 35.5 Å². The number of fused-ring (bicyclic) bond motifs is 1. The summed E-state index contributed by atoms with van der Waals surface area (Å²) >= 11 is 0. The van der Waals surface area contributed by atoms with Gasteiger partial charge in [-0.1, -0.05) is 13.3 Å². The van der Waals surface area contributed by atoms with Gasteiger partial charge in [-0.15, -0.1) is 0 Å². The highest BCUT2D eigenvalue weighted by Crippen LogP contribution is 2.27. The molecular weight excluding hydrogens is 254 g/mol. The van der Waals surface area contributed by atoms with E-state index in [1.165, 1.54) is 0 Å². The fraction of sp³-hybridized carbons (Fsp3) is 0.400. The quantitative estimate of drug-likeness (QED) is 0.921. The molecule has 3 rings (SSSR count). The Kier molecular flexibility index (Phi) is 3.14. The number of hydrogen-bond donors (Lipinski definition) is 1. The van der Waals surface area contributed by atoms with Crippen molar-refractivity contribution >= 4 is 16.9 Å². The minimum atomic E-state index is -0.693. The van der Waals surface area contributed by atoms with Gasteiger partial charge >= 0.3 is 0 Å². The van der Waals surface area contributed by atoms with Crippen LogP contribution in [0.1, 0.15) is 30.1 Å². The van der Waals surface area contributed by atoms with Gasteiger partial charge in [0.2, 0.25) is 0 Å². The second-order valence-electron chi connectivity index (χ2n) is 5.40. The summed E-state index contributed by atoms with van der Waals surface area (Å²) in [5.41, 5.74) is 1.38. The maximum atomic E-state index is 12.3. The van der Waals surface area contributed by atoms with Gasteiger partial charge in [0.15, 0.2) is 0 Å². The van der Waals surface area contributed by atoms with E-state index >= 15 is 0 Å². The van der Waals surface area contributed by atoms with Crippen molar-refractivity contribution in [3.8, 4) is 0 Å². The van der Waals surface area contributed by atoms with Gasteiger partial charge in [0, 0.05) is 18.0 Å². The summed E-state index contributed by atoms with van der Waals surface area (Å²) in [6, 6.07) is 5.31. The first-order chi connectivity index (χ1) is 9.61. The summed E-state index contributed by atoms with van der Waals surface area (Å²) in [6.45, 7) is 2.86. The number of β-amino-alcohol motifs (C(OH)–C–C–N with tert-alkyl or cyclic N) is 1. The summed E-state index contributed by atoms with van der Waals surface area (Å²) in [4.78, 5) is 22.4. The normalized spacial score (nSPS) is 17.0. The van der Waals surface area contributed by atoms with Crippen LogP contribution < -0.4 is 0 Å². The van der Waals surface area contributed by atoms with Crippen LogP contribution in [0.25, 0.3) is 11.0 Å². The molecule has 0 bridgehead atoms. The lowest BCUT2D eigenvalue weighted by Crippen LogP contribution is -2.63. The SMILES string of the molecule is CCCC1(O)CN(C(=O)c2ccc3nccnc3c2)C1. The van der Waals surface area contributed by atoms with E-state index in [0.29, 0.717) is 24.2 Å². The summed E-state index contributed by atoms with van der Waals surface area (Å²) in [5.74, 6) is -0.0571. The lowest BCUT2D eigenvalue weighted by molar-refractivity contribution is -0.0860. The van der Waals surface area contributed by atoms with Crippen LogP contribution in [0.5, 0.6) is 0 Å². The third-order valence-electron chi connectivity index (χ3n) is 3.69. The monoisotopic (exact) mass is 271 g/mol. The Hall–Kier alpha value is -2.01. The van der Waals surface area contributed by atoms with Gasteiger partial charge in [-0.3, -0.25) is 14.8 Å². The van der Waals surface area contributed by atoms with Crippen LogP contribution in [0.15, 0.2) is 30.6 Å². The standard InChI is InChI=1S/C15H17N3O2/c1-2-5-15(20)9-18(10-15)14(19)11-3-4-12-13(8-11)17-7-6-16-12/h3-4,6-8,20H,2,5,9-10H2,1H3. The summed E-state index contributed by atoms with van der Waals surface area (Å²) in [5, 5.41) is 10.1. The van der Waals surface area contributed by atoms with Crippen molar-refractivity contribution in [1.29, 1.82) is 0 Å². The van der Waals surface area contributed by atoms with Crippen molar-refractivity contribution in [2.24, 2.45) is 0 Å². The fourth-order valence-electron chi connectivity index (χ4n) is 2.71. The molecule has 1 fully saturated rings. The van der Waals surface area contributed by atoms with E-state index in [0.717, 1.165) is 18.4 Å². The molecule has 1 aromatic heterocycles. The van der Waals surface area contributed by atoms with E-state index < -0.39 is 5.60 Å². The maximum absolute atomic E-state index is 12.3. The molecule has 2 heterocycles. The number of aliphatic hydroxyl groups is 1. The van der Waals surface area contributed by atoms with Crippen molar-refractivity contribution < 1.29 is 9.90 Å². The number of aromatic nitrogens is 2. The zero-order chi connectivity index (χ0) is 14.2. The molecule has 2 aromatic rings. The van der Waals surface area contributed by atoms with Crippen LogP contribution in [-0.2, 0) is 0 Å². The van der Waals surface area contributed by atoms with Crippen LogP contribution in [0.3, 0.4) is 0 Å². The first-order valence-corrected chi connectivity index (χ1v) is 6.84. The summed E-state index contributed by atoms with van der Waals surface area (Å²) in [6.07, 6.45) is 4.90. The van der Waals surface area contributed by atoms with Crippen LogP contribution in [0.4, 0.5) is 0 Å². The third-order valence-corrected chi connectivity index (χ3v) is 3.69. The number of benzene rings is 1. The molecule has 5 nitrogen and oxygen atoms in total. The fourth-order valence-corrected chi connectivity index (χ4v) is 2.71. The van der Waals surface area contributed by atoms with E-state index in [2.05, 4.69) is 9.97 Å². The van der Waals surface area contributed by atoms with Crippen molar-refractivity contribution in [1.82, 2.24) is 14.9 Å². The molecule has 5 heteroatoms. The first-order valence-electron chi connectivity index (χ1n) is 6.84. The Morgan fingerprint density at radius 1 is 1.30 bits per heavy atom. The highest BCUT2D eigenvalue weighted by atomic mass is 16.3. The number of nitrogens with zero attached hydrogens (tertiary/aromatic N) is 3. The molecule has 20 heavy (non-hydrogen) atoms.